The molecule has 0 heterocycles. The third-order valence-corrected chi connectivity index (χ3v) is 4.53. The molecule has 0 spiro atoms. The zero-order valence-corrected chi connectivity index (χ0v) is 13.0. The number of allylic oxidation sites excluding steroid dienone is 2. The molecule has 19 heavy (non-hydrogen) atoms. The lowest BCUT2D eigenvalue weighted by Crippen LogP contribution is -2.28. The summed E-state index contributed by atoms with van der Waals surface area (Å²) in [6.07, 6.45) is 1.78. The van der Waals surface area contributed by atoms with Crippen LogP contribution in [0.25, 0.3) is 0 Å². The molecule has 0 aromatic heterocycles. The first-order valence-corrected chi connectivity index (χ1v) is 8.23. The van der Waals surface area contributed by atoms with Crippen LogP contribution in [-0.4, -0.2) is 33.6 Å². The van der Waals surface area contributed by atoms with Crippen molar-refractivity contribution in [2.24, 2.45) is 5.92 Å². The summed E-state index contributed by atoms with van der Waals surface area (Å²) in [5, 5.41) is 10.2. The summed E-state index contributed by atoms with van der Waals surface area (Å²) in [5.74, 6) is 0.775. The van der Waals surface area contributed by atoms with E-state index in [1.54, 1.807) is 0 Å². The highest BCUT2D eigenvalue weighted by Crippen LogP contribution is 2.31. The second kappa shape index (κ2) is 7.95. The first-order valence-electron chi connectivity index (χ1n) is 6.65. The van der Waals surface area contributed by atoms with E-state index < -0.39 is 0 Å². The first-order chi connectivity index (χ1) is 8.99. The van der Waals surface area contributed by atoms with Crippen LogP contribution in [0.15, 0.2) is 11.3 Å². The van der Waals surface area contributed by atoms with E-state index in [2.05, 4.69) is 13.8 Å². The Morgan fingerprint density at radius 1 is 1.42 bits per heavy atom. The average Bonchev–Trinajstić information content (AvgIpc) is 2.28. The van der Waals surface area contributed by atoms with Crippen molar-refractivity contribution in [1.29, 1.82) is 0 Å². The van der Waals surface area contributed by atoms with Gasteiger partial charge in [0.15, 0.2) is 11.6 Å². The molecule has 1 unspecified atom stereocenters. The standard InChI is InChI=1S/C14H21ClO3S/c1-3-19-9(2)6-10-7-12(17)14(13(18)8-10)11(16)4-5-15/h9-10,16H,3-8H2,1-2H3. The van der Waals surface area contributed by atoms with Crippen molar-refractivity contribution in [3.63, 3.8) is 0 Å². The minimum Gasteiger partial charge on any atom is -0.511 e. The minimum absolute atomic E-state index is 0.00676. The Bertz CT molecular complexity index is 359. The van der Waals surface area contributed by atoms with Gasteiger partial charge in [-0.1, -0.05) is 13.8 Å². The summed E-state index contributed by atoms with van der Waals surface area (Å²) in [6.45, 7) is 4.23. The van der Waals surface area contributed by atoms with E-state index in [1.807, 2.05) is 11.8 Å². The molecule has 3 nitrogen and oxygen atoms in total. The molecule has 1 aliphatic carbocycles. The molecular weight excluding hydrogens is 284 g/mol. The molecule has 0 saturated heterocycles. The molecule has 0 aromatic carbocycles. The predicted octanol–water partition coefficient (Wildman–Crippen LogP) is 3.51. The van der Waals surface area contributed by atoms with E-state index in [9.17, 15) is 14.7 Å². The van der Waals surface area contributed by atoms with Crippen molar-refractivity contribution in [3.05, 3.63) is 11.3 Å². The van der Waals surface area contributed by atoms with Gasteiger partial charge in [0, 0.05) is 30.4 Å². The largest absolute Gasteiger partial charge is 0.511 e. The number of aliphatic hydroxyl groups excluding tert-OH is 1. The number of Topliss-reactive ketones (excluding diaryl/α,β-unsaturated/α-hetero) is 2. The van der Waals surface area contributed by atoms with Gasteiger partial charge in [0.2, 0.25) is 0 Å². The second-order valence-electron chi connectivity index (χ2n) is 4.88. The van der Waals surface area contributed by atoms with Gasteiger partial charge in [0.1, 0.15) is 5.76 Å². The van der Waals surface area contributed by atoms with Gasteiger partial charge in [0.05, 0.1) is 5.57 Å². The van der Waals surface area contributed by atoms with E-state index >= 15 is 0 Å². The number of carbonyl (C=O) groups excluding carboxylic acids is 2. The maximum atomic E-state index is 12.0. The molecule has 0 aliphatic heterocycles. The summed E-state index contributed by atoms with van der Waals surface area (Å²) in [5.41, 5.74) is -0.00676. The van der Waals surface area contributed by atoms with Crippen LogP contribution in [0.4, 0.5) is 0 Å². The predicted molar refractivity (Wildman–Crippen MR) is 79.9 cm³/mol. The zero-order valence-electron chi connectivity index (χ0n) is 11.4. The van der Waals surface area contributed by atoms with Crippen LogP contribution in [0.5, 0.6) is 0 Å². The van der Waals surface area contributed by atoms with Gasteiger partial charge in [-0.3, -0.25) is 9.59 Å². The number of hydrogen-bond donors (Lipinski definition) is 1. The van der Waals surface area contributed by atoms with E-state index in [-0.39, 0.29) is 41.1 Å². The van der Waals surface area contributed by atoms with Crippen LogP contribution in [0.1, 0.15) is 39.5 Å². The fourth-order valence-electron chi connectivity index (χ4n) is 2.48. The third kappa shape index (κ3) is 4.84. The molecule has 5 heteroatoms. The Balaban J connectivity index is 2.69. The fraction of sp³-hybridized carbons (Fsp3) is 0.714. The Labute approximate surface area is 123 Å². The van der Waals surface area contributed by atoms with Crippen molar-refractivity contribution in [3.8, 4) is 0 Å². The van der Waals surface area contributed by atoms with Crippen LogP contribution in [0, 0.1) is 5.92 Å². The Morgan fingerprint density at radius 3 is 2.47 bits per heavy atom. The molecule has 1 atom stereocenters. The molecule has 0 bridgehead atoms. The quantitative estimate of drug-likeness (QED) is 0.353. The Kier molecular flexibility index (Phi) is 6.94. The second-order valence-corrected chi connectivity index (χ2v) is 6.98. The molecule has 108 valence electrons. The van der Waals surface area contributed by atoms with Gasteiger partial charge < -0.3 is 5.11 Å². The molecule has 0 aromatic rings. The lowest BCUT2D eigenvalue weighted by molar-refractivity contribution is -0.125. The summed E-state index contributed by atoms with van der Waals surface area (Å²) >= 11 is 7.36. The SMILES string of the molecule is CCSC(C)CC1CC(=O)C(=C(O)CCCl)C(=O)C1. The topological polar surface area (TPSA) is 54.4 Å². The van der Waals surface area contributed by atoms with E-state index in [0.717, 1.165) is 12.2 Å². The molecule has 0 radical (unpaired) electrons. The van der Waals surface area contributed by atoms with E-state index in [1.165, 1.54) is 0 Å². The van der Waals surface area contributed by atoms with E-state index in [0.29, 0.717) is 18.1 Å². The van der Waals surface area contributed by atoms with Gasteiger partial charge in [0.25, 0.3) is 0 Å². The number of thioether (sulfide) groups is 1. The summed E-state index contributed by atoms with van der Waals surface area (Å²) < 4.78 is 0. The van der Waals surface area contributed by atoms with Crippen LogP contribution in [0.2, 0.25) is 0 Å². The van der Waals surface area contributed by atoms with Crippen molar-refractivity contribution >= 4 is 34.9 Å². The maximum absolute atomic E-state index is 12.0. The van der Waals surface area contributed by atoms with Gasteiger partial charge in [-0.15, -0.1) is 11.6 Å². The highest BCUT2D eigenvalue weighted by Gasteiger charge is 2.33. The number of carbonyl (C=O) groups is 2. The highest BCUT2D eigenvalue weighted by molar-refractivity contribution is 7.99. The van der Waals surface area contributed by atoms with Crippen molar-refractivity contribution in [2.45, 2.75) is 44.8 Å². The summed E-state index contributed by atoms with van der Waals surface area (Å²) in [4.78, 5) is 24.0. The lowest BCUT2D eigenvalue weighted by atomic mass is 9.81. The number of rotatable bonds is 6. The van der Waals surface area contributed by atoms with Gasteiger partial charge in [-0.05, 0) is 18.1 Å². The zero-order chi connectivity index (χ0) is 14.4. The molecule has 1 rings (SSSR count). The minimum atomic E-state index is -0.224. The van der Waals surface area contributed by atoms with Gasteiger partial charge >= 0.3 is 0 Å². The van der Waals surface area contributed by atoms with Crippen LogP contribution < -0.4 is 0 Å². The average molecular weight is 305 g/mol. The molecule has 1 N–H and O–H groups in total. The van der Waals surface area contributed by atoms with Crippen LogP contribution >= 0.6 is 23.4 Å². The van der Waals surface area contributed by atoms with Gasteiger partial charge in [-0.2, -0.15) is 11.8 Å². The molecular formula is C14H21ClO3S. The molecule has 1 fully saturated rings. The number of aliphatic hydroxyl groups is 1. The number of alkyl halides is 1. The van der Waals surface area contributed by atoms with Crippen molar-refractivity contribution in [2.75, 3.05) is 11.6 Å². The monoisotopic (exact) mass is 304 g/mol. The smallest absolute Gasteiger partial charge is 0.170 e. The van der Waals surface area contributed by atoms with E-state index in [4.69, 9.17) is 11.6 Å². The molecule has 1 aliphatic rings. The summed E-state index contributed by atoms with van der Waals surface area (Å²) in [7, 11) is 0. The molecule has 0 amide bonds. The third-order valence-electron chi connectivity index (χ3n) is 3.24. The number of halogens is 1. The normalized spacial score (nSPS) is 21.6. The molecule has 1 saturated carbocycles. The lowest BCUT2D eigenvalue weighted by Gasteiger charge is -2.24. The van der Waals surface area contributed by atoms with Crippen LogP contribution in [0.3, 0.4) is 0 Å². The summed E-state index contributed by atoms with van der Waals surface area (Å²) in [6, 6.07) is 0. The Hall–Kier alpha value is -0.480. The fourth-order valence-corrected chi connectivity index (χ4v) is 3.64. The van der Waals surface area contributed by atoms with Crippen LogP contribution in [-0.2, 0) is 9.59 Å². The number of hydrogen-bond acceptors (Lipinski definition) is 4. The Morgan fingerprint density at radius 2 is 2.00 bits per heavy atom. The van der Waals surface area contributed by atoms with Crippen molar-refractivity contribution < 1.29 is 14.7 Å². The maximum Gasteiger partial charge on any atom is 0.170 e. The highest BCUT2D eigenvalue weighted by atomic mass is 35.5. The number of ketones is 2. The van der Waals surface area contributed by atoms with Crippen molar-refractivity contribution in [1.82, 2.24) is 0 Å². The first kappa shape index (κ1) is 16.6. The van der Waals surface area contributed by atoms with Gasteiger partial charge in [-0.25, -0.2) is 0 Å².